The van der Waals surface area contributed by atoms with Gasteiger partial charge in [0.05, 0.1) is 5.56 Å². The molecule has 1 saturated heterocycles. The lowest BCUT2D eigenvalue weighted by atomic mass is 9.92. The highest BCUT2D eigenvalue weighted by atomic mass is 19.1. The van der Waals surface area contributed by atoms with E-state index in [9.17, 15) is 18.4 Å². The van der Waals surface area contributed by atoms with Crippen LogP contribution in [0.15, 0.2) is 42.5 Å². The fourth-order valence-corrected chi connectivity index (χ4v) is 2.84. The van der Waals surface area contributed by atoms with Crippen molar-refractivity contribution >= 4 is 17.4 Å². The summed E-state index contributed by atoms with van der Waals surface area (Å²) in [5, 5.41) is 2.55. The maximum Gasteiger partial charge on any atom is 0.264 e. The Balaban J connectivity index is 1.75. The summed E-state index contributed by atoms with van der Waals surface area (Å²) >= 11 is 0. The number of benzene rings is 2. The fraction of sp³-hybridized carbons (Fsp3) is 0.125. The first-order valence-electron chi connectivity index (χ1n) is 6.62. The Hall–Kier alpha value is -2.60. The highest BCUT2D eigenvalue weighted by Crippen LogP contribution is 2.54. The number of halogens is 2. The van der Waals surface area contributed by atoms with Crippen LogP contribution in [-0.4, -0.2) is 17.8 Å². The van der Waals surface area contributed by atoms with Gasteiger partial charge in [-0.3, -0.25) is 9.59 Å². The molecule has 0 radical (unpaired) electrons. The molecule has 2 aliphatic rings. The predicted molar refractivity (Wildman–Crippen MR) is 72.3 cm³/mol. The van der Waals surface area contributed by atoms with Gasteiger partial charge in [0, 0.05) is 11.3 Å². The van der Waals surface area contributed by atoms with E-state index in [-0.39, 0.29) is 11.1 Å². The molecule has 1 spiro atoms. The zero-order chi connectivity index (χ0) is 15.5. The van der Waals surface area contributed by atoms with Crippen molar-refractivity contribution in [2.45, 2.75) is 11.7 Å². The predicted octanol–water partition coefficient (Wildman–Crippen LogP) is 2.39. The van der Waals surface area contributed by atoms with E-state index >= 15 is 0 Å². The third-order valence-corrected chi connectivity index (χ3v) is 3.96. The molecule has 22 heavy (non-hydrogen) atoms. The van der Waals surface area contributed by atoms with Crippen molar-refractivity contribution in [1.29, 1.82) is 0 Å². The lowest BCUT2D eigenvalue weighted by Crippen LogP contribution is -2.27. The van der Waals surface area contributed by atoms with Crippen LogP contribution in [0.2, 0.25) is 0 Å². The highest BCUT2D eigenvalue weighted by Gasteiger charge is 2.70. The largest absolute Gasteiger partial charge is 0.342 e. The molecule has 2 aliphatic heterocycles. The van der Waals surface area contributed by atoms with Crippen LogP contribution in [0.25, 0.3) is 0 Å². The lowest BCUT2D eigenvalue weighted by molar-refractivity contribution is -0.120. The van der Waals surface area contributed by atoms with E-state index in [1.54, 1.807) is 0 Å². The van der Waals surface area contributed by atoms with E-state index in [1.807, 2.05) is 0 Å². The standard InChI is InChI=1S/C16H9F2NO3/c17-8-5-6-12-10(7-8)16(15(21)19-12)14(22-16)13(20)9-3-1-2-4-11(9)18/h1-7,14H,(H,19,21)/t14-,16-/m0/s1. The topological polar surface area (TPSA) is 58.7 Å². The normalized spacial score (nSPS) is 25.0. The maximum absolute atomic E-state index is 13.7. The molecule has 0 bridgehead atoms. The lowest BCUT2D eigenvalue weighted by Gasteiger charge is -2.03. The average Bonchev–Trinajstić information content (AvgIpc) is 3.19. The van der Waals surface area contributed by atoms with Gasteiger partial charge in [0.15, 0.2) is 11.9 Å². The molecule has 1 N–H and O–H groups in total. The number of amides is 1. The minimum atomic E-state index is -1.54. The number of Topliss-reactive ketones (excluding diaryl/α,β-unsaturated/α-hetero) is 1. The van der Waals surface area contributed by atoms with Crippen molar-refractivity contribution in [3.05, 3.63) is 65.2 Å². The monoisotopic (exact) mass is 301 g/mol. The molecule has 2 aromatic carbocycles. The quantitative estimate of drug-likeness (QED) is 0.684. The summed E-state index contributed by atoms with van der Waals surface area (Å²) in [6.07, 6.45) is -1.15. The van der Waals surface area contributed by atoms with Gasteiger partial charge in [-0.25, -0.2) is 8.78 Å². The van der Waals surface area contributed by atoms with E-state index in [1.165, 1.54) is 30.3 Å². The number of ether oxygens (including phenoxy) is 1. The summed E-state index contributed by atoms with van der Waals surface area (Å²) in [6, 6.07) is 9.23. The Morgan fingerprint density at radius 3 is 2.73 bits per heavy atom. The van der Waals surface area contributed by atoms with Gasteiger partial charge in [-0.05, 0) is 30.3 Å². The Morgan fingerprint density at radius 1 is 1.18 bits per heavy atom. The average molecular weight is 301 g/mol. The Bertz CT molecular complexity index is 836. The molecule has 0 aromatic heterocycles. The molecule has 6 heteroatoms. The van der Waals surface area contributed by atoms with Gasteiger partial charge in [-0.15, -0.1) is 0 Å². The molecule has 2 aromatic rings. The molecule has 1 fully saturated rings. The number of fused-ring (bicyclic) bond motifs is 2. The highest BCUT2D eigenvalue weighted by molar-refractivity contribution is 6.15. The van der Waals surface area contributed by atoms with E-state index in [4.69, 9.17) is 4.74 Å². The second-order valence-electron chi connectivity index (χ2n) is 5.22. The van der Waals surface area contributed by atoms with E-state index < -0.39 is 35.0 Å². The number of epoxide rings is 1. The van der Waals surface area contributed by atoms with Crippen LogP contribution < -0.4 is 5.32 Å². The van der Waals surface area contributed by atoms with Crippen molar-refractivity contribution in [2.24, 2.45) is 0 Å². The van der Waals surface area contributed by atoms with Crippen LogP contribution in [0, 0.1) is 11.6 Å². The van der Waals surface area contributed by atoms with Crippen molar-refractivity contribution in [2.75, 3.05) is 5.32 Å². The number of ketones is 1. The zero-order valence-corrected chi connectivity index (χ0v) is 11.1. The Labute approximate surface area is 123 Å². The number of carbonyl (C=O) groups excluding carboxylic acids is 2. The molecule has 4 nitrogen and oxygen atoms in total. The fourth-order valence-electron chi connectivity index (χ4n) is 2.84. The van der Waals surface area contributed by atoms with Crippen LogP contribution in [0.5, 0.6) is 0 Å². The third-order valence-electron chi connectivity index (χ3n) is 3.96. The zero-order valence-electron chi connectivity index (χ0n) is 11.1. The van der Waals surface area contributed by atoms with E-state index in [0.717, 1.165) is 12.1 Å². The van der Waals surface area contributed by atoms with Crippen LogP contribution in [0.3, 0.4) is 0 Å². The first-order valence-corrected chi connectivity index (χ1v) is 6.62. The molecule has 0 saturated carbocycles. The number of carbonyl (C=O) groups is 2. The van der Waals surface area contributed by atoms with Crippen molar-refractivity contribution in [1.82, 2.24) is 0 Å². The van der Waals surface area contributed by atoms with Gasteiger partial charge in [-0.2, -0.15) is 0 Å². The summed E-state index contributed by atoms with van der Waals surface area (Å²) in [4.78, 5) is 24.5. The third kappa shape index (κ3) is 1.58. The summed E-state index contributed by atoms with van der Waals surface area (Å²) < 4.78 is 32.5. The van der Waals surface area contributed by atoms with E-state index in [2.05, 4.69) is 5.32 Å². The molecule has 2 heterocycles. The smallest absolute Gasteiger partial charge is 0.264 e. The number of anilines is 1. The SMILES string of the molecule is O=C(c1ccccc1F)[C@@H]1O[C@]12C(=O)Nc1ccc(F)cc12. The number of hydrogen-bond donors (Lipinski definition) is 1. The van der Waals surface area contributed by atoms with Crippen LogP contribution >= 0.6 is 0 Å². The first kappa shape index (κ1) is 13.1. The van der Waals surface area contributed by atoms with Crippen molar-refractivity contribution in [3.63, 3.8) is 0 Å². The first-order chi connectivity index (χ1) is 10.5. The van der Waals surface area contributed by atoms with Crippen LogP contribution in [0.4, 0.5) is 14.5 Å². The Morgan fingerprint density at radius 2 is 1.95 bits per heavy atom. The van der Waals surface area contributed by atoms with Crippen LogP contribution in [-0.2, 0) is 15.1 Å². The molecule has 110 valence electrons. The maximum atomic E-state index is 13.7. The summed E-state index contributed by atoms with van der Waals surface area (Å²) in [5.41, 5.74) is -1.03. The minimum absolute atomic E-state index is 0.151. The number of rotatable bonds is 2. The molecule has 0 aliphatic carbocycles. The van der Waals surface area contributed by atoms with Crippen LogP contribution in [0.1, 0.15) is 15.9 Å². The summed E-state index contributed by atoms with van der Waals surface area (Å²) in [7, 11) is 0. The van der Waals surface area contributed by atoms with Gasteiger partial charge in [0.2, 0.25) is 5.60 Å². The molecular formula is C16H9F2NO3. The van der Waals surface area contributed by atoms with Gasteiger partial charge >= 0.3 is 0 Å². The van der Waals surface area contributed by atoms with Crippen molar-refractivity contribution < 1.29 is 23.1 Å². The second kappa shape index (κ2) is 4.20. The van der Waals surface area contributed by atoms with Crippen molar-refractivity contribution in [3.8, 4) is 0 Å². The molecule has 1 amide bonds. The van der Waals surface area contributed by atoms with Gasteiger partial charge in [-0.1, -0.05) is 12.1 Å². The number of nitrogens with one attached hydrogen (secondary N) is 1. The summed E-state index contributed by atoms with van der Waals surface area (Å²) in [6.45, 7) is 0. The molecule has 0 unspecified atom stereocenters. The second-order valence-corrected chi connectivity index (χ2v) is 5.22. The van der Waals surface area contributed by atoms with Gasteiger partial charge in [0.1, 0.15) is 11.6 Å². The molecule has 4 rings (SSSR count). The molecular weight excluding hydrogens is 292 g/mol. The molecule has 2 atom stereocenters. The summed E-state index contributed by atoms with van der Waals surface area (Å²) in [5.74, 6) is -2.40. The van der Waals surface area contributed by atoms with Gasteiger partial charge < -0.3 is 10.1 Å². The Kier molecular flexibility index (Phi) is 2.50. The minimum Gasteiger partial charge on any atom is -0.342 e. The van der Waals surface area contributed by atoms with E-state index in [0.29, 0.717) is 5.69 Å². The number of hydrogen-bond acceptors (Lipinski definition) is 3. The van der Waals surface area contributed by atoms with Gasteiger partial charge in [0.25, 0.3) is 5.91 Å².